The molecule has 3 rings (SSSR count). The van der Waals surface area contributed by atoms with Crippen molar-refractivity contribution in [3.63, 3.8) is 0 Å². The Balaban J connectivity index is 1.91. The summed E-state index contributed by atoms with van der Waals surface area (Å²) in [7, 11) is 0. The lowest BCUT2D eigenvalue weighted by Crippen LogP contribution is -1.76. The Kier molecular flexibility index (Phi) is 2.04. The van der Waals surface area contributed by atoms with E-state index in [9.17, 15) is 0 Å². The van der Waals surface area contributed by atoms with Crippen LogP contribution in [0.4, 0.5) is 22.7 Å². The molecule has 0 fully saturated rings. The Hall–Kier alpha value is -2.36. The van der Waals surface area contributed by atoms with Crippen LogP contribution in [-0.2, 0) is 0 Å². The van der Waals surface area contributed by atoms with Gasteiger partial charge in [-0.2, -0.15) is 5.11 Å². The van der Waals surface area contributed by atoms with Crippen LogP contribution in [0, 0.1) is 0 Å². The van der Waals surface area contributed by atoms with Crippen molar-refractivity contribution in [2.45, 2.75) is 0 Å². The van der Waals surface area contributed by atoms with Crippen LogP contribution in [0.2, 0.25) is 0 Å². The van der Waals surface area contributed by atoms with E-state index in [1.54, 1.807) is 0 Å². The lowest BCUT2D eigenvalue weighted by molar-refractivity contribution is 1.12. The van der Waals surface area contributed by atoms with Crippen molar-refractivity contribution in [1.29, 1.82) is 0 Å². The van der Waals surface area contributed by atoms with Crippen molar-refractivity contribution in [2.75, 3.05) is 0 Å². The fourth-order valence-electron chi connectivity index (χ4n) is 1.45. The second kappa shape index (κ2) is 3.66. The van der Waals surface area contributed by atoms with Crippen LogP contribution in [0.3, 0.4) is 0 Å². The van der Waals surface area contributed by atoms with Gasteiger partial charge in [0.05, 0.1) is 5.69 Å². The molecular weight excluding hydrogens is 200 g/mol. The molecule has 0 atom stereocenters. The molecule has 0 radical (unpaired) electrons. The quantitative estimate of drug-likeness (QED) is 0.541. The second-order valence-electron chi connectivity index (χ2n) is 3.38. The molecule has 1 heterocycles. The maximum atomic E-state index is 4.16. The number of nitrogens with zero attached hydrogens (tertiary/aromatic N) is 4. The minimum absolute atomic E-state index is 0.761. The van der Waals surface area contributed by atoms with Gasteiger partial charge in [-0.1, -0.05) is 24.3 Å². The first-order valence-electron chi connectivity index (χ1n) is 4.95. The first-order chi connectivity index (χ1) is 7.93. The predicted octanol–water partition coefficient (Wildman–Crippen LogP) is 4.83. The van der Waals surface area contributed by atoms with Crippen LogP contribution in [0.1, 0.15) is 0 Å². The normalized spacial score (nSPS) is 12.5. The molecule has 1 aliphatic heterocycles. The van der Waals surface area contributed by atoms with E-state index in [-0.39, 0.29) is 0 Å². The summed E-state index contributed by atoms with van der Waals surface area (Å²) in [5.74, 6) is 0. The summed E-state index contributed by atoms with van der Waals surface area (Å²) in [5, 5.41) is 16.1. The standard InChI is InChI=1S/C12H8N4/c1-2-5-9(6-3-1)13-14-10-7-4-8-11-12(10)16-15-11/h1-8H. The van der Waals surface area contributed by atoms with Crippen molar-refractivity contribution in [3.8, 4) is 0 Å². The Morgan fingerprint density at radius 2 is 1.62 bits per heavy atom. The lowest BCUT2D eigenvalue weighted by atomic mass is 10.2. The van der Waals surface area contributed by atoms with E-state index in [0.717, 1.165) is 22.7 Å². The highest BCUT2D eigenvalue weighted by Crippen LogP contribution is 2.45. The van der Waals surface area contributed by atoms with Crippen LogP contribution >= 0.6 is 0 Å². The second-order valence-corrected chi connectivity index (χ2v) is 3.38. The Morgan fingerprint density at radius 3 is 2.38 bits per heavy atom. The van der Waals surface area contributed by atoms with Crippen molar-refractivity contribution in [1.82, 2.24) is 0 Å². The van der Waals surface area contributed by atoms with Crippen LogP contribution < -0.4 is 0 Å². The van der Waals surface area contributed by atoms with Gasteiger partial charge in [0.25, 0.3) is 0 Å². The Labute approximate surface area is 92.4 Å². The summed E-state index contributed by atoms with van der Waals surface area (Å²) < 4.78 is 0. The zero-order valence-electron chi connectivity index (χ0n) is 8.41. The molecule has 1 aliphatic rings. The van der Waals surface area contributed by atoms with Crippen molar-refractivity contribution >= 4 is 22.7 Å². The van der Waals surface area contributed by atoms with Crippen molar-refractivity contribution in [2.24, 2.45) is 20.5 Å². The average Bonchev–Trinajstić information content (AvgIpc) is 2.30. The van der Waals surface area contributed by atoms with Gasteiger partial charge < -0.3 is 0 Å². The van der Waals surface area contributed by atoms with E-state index in [1.807, 2.05) is 48.5 Å². The molecule has 0 bridgehead atoms. The molecule has 2 aromatic carbocycles. The number of hydrogen-bond donors (Lipinski definition) is 0. The molecule has 0 saturated carbocycles. The zero-order valence-corrected chi connectivity index (χ0v) is 8.41. The van der Waals surface area contributed by atoms with Gasteiger partial charge >= 0.3 is 0 Å². The van der Waals surface area contributed by atoms with E-state index in [1.165, 1.54) is 0 Å². The third kappa shape index (κ3) is 1.50. The van der Waals surface area contributed by atoms with Crippen LogP contribution in [0.5, 0.6) is 0 Å². The molecular formula is C12H8N4. The molecule has 0 N–H and O–H groups in total. The van der Waals surface area contributed by atoms with Crippen molar-refractivity contribution < 1.29 is 0 Å². The lowest BCUT2D eigenvalue weighted by Gasteiger charge is -2.07. The van der Waals surface area contributed by atoms with E-state index in [0.29, 0.717) is 0 Å². The van der Waals surface area contributed by atoms with Gasteiger partial charge in [0.2, 0.25) is 0 Å². The highest BCUT2D eigenvalue weighted by molar-refractivity contribution is 5.78. The first kappa shape index (κ1) is 8.91. The minimum atomic E-state index is 0.761. The van der Waals surface area contributed by atoms with E-state index in [4.69, 9.17) is 0 Å². The first-order valence-corrected chi connectivity index (χ1v) is 4.95. The third-order valence-electron chi connectivity index (χ3n) is 2.28. The minimum Gasteiger partial charge on any atom is -0.150 e. The van der Waals surface area contributed by atoms with Crippen LogP contribution in [0.15, 0.2) is 69.0 Å². The molecule has 0 amide bonds. The Bertz CT molecular complexity index is 573. The van der Waals surface area contributed by atoms with Gasteiger partial charge in [0.15, 0.2) is 0 Å². The number of fused-ring (bicyclic) bond motifs is 1. The summed E-state index contributed by atoms with van der Waals surface area (Å²) in [6.07, 6.45) is 0. The molecule has 0 aliphatic carbocycles. The predicted molar refractivity (Wildman–Crippen MR) is 61.2 cm³/mol. The van der Waals surface area contributed by atoms with Gasteiger partial charge in [-0.25, -0.2) is 0 Å². The maximum Gasteiger partial charge on any atom is 0.141 e. The number of azo groups is 2. The molecule has 0 aromatic heterocycles. The fraction of sp³-hybridized carbons (Fsp3) is 0. The molecule has 0 unspecified atom stereocenters. The largest absolute Gasteiger partial charge is 0.150 e. The monoisotopic (exact) mass is 208 g/mol. The average molecular weight is 208 g/mol. The molecule has 76 valence electrons. The SMILES string of the molecule is c1ccc(N=Nc2cccc3c2N=N3)cc1. The third-order valence-corrected chi connectivity index (χ3v) is 2.28. The summed E-state index contributed by atoms with van der Waals surface area (Å²) in [6.45, 7) is 0. The highest BCUT2D eigenvalue weighted by Gasteiger charge is 2.13. The summed E-state index contributed by atoms with van der Waals surface area (Å²) in [6, 6.07) is 15.3. The molecule has 0 spiro atoms. The fourth-order valence-corrected chi connectivity index (χ4v) is 1.45. The van der Waals surface area contributed by atoms with Gasteiger partial charge in [-0.05, 0) is 24.3 Å². The van der Waals surface area contributed by atoms with Gasteiger partial charge in [0, 0.05) is 0 Å². The number of rotatable bonds is 2. The molecule has 2 aromatic rings. The Morgan fingerprint density at radius 1 is 0.750 bits per heavy atom. The molecule has 4 heteroatoms. The number of benzene rings is 2. The van der Waals surface area contributed by atoms with E-state index < -0.39 is 0 Å². The maximum absolute atomic E-state index is 4.16. The molecule has 16 heavy (non-hydrogen) atoms. The smallest absolute Gasteiger partial charge is 0.141 e. The molecule has 0 saturated heterocycles. The van der Waals surface area contributed by atoms with Gasteiger partial charge in [-0.3, -0.25) is 0 Å². The van der Waals surface area contributed by atoms with Crippen LogP contribution in [-0.4, -0.2) is 0 Å². The van der Waals surface area contributed by atoms with Crippen LogP contribution in [0.25, 0.3) is 0 Å². The summed E-state index contributed by atoms with van der Waals surface area (Å²) >= 11 is 0. The topological polar surface area (TPSA) is 49.4 Å². The molecule has 4 nitrogen and oxygen atoms in total. The number of hydrogen-bond acceptors (Lipinski definition) is 4. The van der Waals surface area contributed by atoms with Crippen molar-refractivity contribution in [3.05, 3.63) is 48.5 Å². The van der Waals surface area contributed by atoms with E-state index >= 15 is 0 Å². The summed E-state index contributed by atoms with van der Waals surface area (Å²) in [4.78, 5) is 0. The summed E-state index contributed by atoms with van der Waals surface area (Å²) in [5.41, 5.74) is 3.29. The van der Waals surface area contributed by atoms with Gasteiger partial charge in [-0.15, -0.1) is 15.3 Å². The van der Waals surface area contributed by atoms with Gasteiger partial charge in [0.1, 0.15) is 17.1 Å². The zero-order chi connectivity index (χ0) is 10.8. The van der Waals surface area contributed by atoms with E-state index in [2.05, 4.69) is 20.5 Å². The highest BCUT2D eigenvalue weighted by atomic mass is 15.2.